The molecule has 1 aromatic heterocycles. The minimum Gasteiger partial charge on any atom is -0.355 e. The molecule has 1 fully saturated rings. The van der Waals surface area contributed by atoms with Crippen molar-refractivity contribution in [2.75, 3.05) is 19.6 Å². The van der Waals surface area contributed by atoms with Crippen LogP contribution < -0.4 is 10.6 Å². The Balaban J connectivity index is 0.00000192. The number of aromatic nitrogens is 1. The molecule has 0 bridgehead atoms. The van der Waals surface area contributed by atoms with Gasteiger partial charge in [-0.3, -0.25) is 4.79 Å². The third-order valence-electron chi connectivity index (χ3n) is 3.85. The van der Waals surface area contributed by atoms with Gasteiger partial charge in [0.25, 0.3) is 5.91 Å². The first-order valence-electron chi connectivity index (χ1n) is 7.44. The van der Waals surface area contributed by atoms with Gasteiger partial charge >= 0.3 is 0 Å². The zero-order valence-electron chi connectivity index (χ0n) is 12.5. The van der Waals surface area contributed by atoms with Crippen molar-refractivity contribution in [1.29, 1.82) is 0 Å². The van der Waals surface area contributed by atoms with Crippen molar-refractivity contribution in [3.8, 4) is 11.3 Å². The van der Waals surface area contributed by atoms with Crippen molar-refractivity contribution in [2.24, 2.45) is 5.92 Å². The van der Waals surface area contributed by atoms with Gasteiger partial charge in [-0.25, -0.2) is 0 Å². The van der Waals surface area contributed by atoms with Crippen LogP contribution in [0.1, 0.15) is 23.3 Å². The molecule has 0 aliphatic carbocycles. The summed E-state index contributed by atoms with van der Waals surface area (Å²) < 4.78 is 5.23. The molecule has 1 atom stereocenters. The largest absolute Gasteiger partial charge is 0.355 e. The van der Waals surface area contributed by atoms with Crippen molar-refractivity contribution < 1.29 is 9.32 Å². The van der Waals surface area contributed by atoms with E-state index in [4.69, 9.17) is 16.1 Å². The number of nitrogens with zero attached hydrogens (tertiary/aromatic N) is 1. The number of carbonyl (C=O) groups is 1. The van der Waals surface area contributed by atoms with E-state index in [-0.39, 0.29) is 18.3 Å². The number of benzene rings is 1. The lowest BCUT2D eigenvalue weighted by Crippen LogP contribution is -2.26. The van der Waals surface area contributed by atoms with E-state index in [1.165, 1.54) is 6.42 Å². The molecule has 0 spiro atoms. The van der Waals surface area contributed by atoms with Crippen LogP contribution in [0.5, 0.6) is 0 Å². The van der Waals surface area contributed by atoms with Crippen LogP contribution in [0.25, 0.3) is 11.3 Å². The Labute approximate surface area is 146 Å². The van der Waals surface area contributed by atoms with Gasteiger partial charge in [-0.2, -0.15) is 0 Å². The molecule has 2 heterocycles. The first kappa shape index (κ1) is 17.8. The Morgan fingerprint density at radius 1 is 1.43 bits per heavy atom. The van der Waals surface area contributed by atoms with Gasteiger partial charge in [-0.05, 0) is 44.0 Å². The number of nitrogens with one attached hydrogen (secondary N) is 2. The summed E-state index contributed by atoms with van der Waals surface area (Å²) in [7, 11) is 0. The molecule has 3 rings (SSSR count). The predicted octanol–water partition coefficient (Wildman–Crippen LogP) is 3.15. The maximum atomic E-state index is 12.1. The Morgan fingerprint density at radius 3 is 3.04 bits per heavy atom. The van der Waals surface area contributed by atoms with Gasteiger partial charge in [0, 0.05) is 23.2 Å². The summed E-state index contributed by atoms with van der Waals surface area (Å²) in [6, 6.07) is 8.89. The van der Waals surface area contributed by atoms with E-state index in [0.29, 0.717) is 28.9 Å². The van der Waals surface area contributed by atoms with Crippen LogP contribution in [0.15, 0.2) is 34.9 Å². The summed E-state index contributed by atoms with van der Waals surface area (Å²) in [6.45, 7) is 2.77. The standard InChI is InChI=1S/C16H18ClN3O2.ClH/c17-13-3-1-2-12(8-13)15-9-14(20-22-15)16(21)19-7-5-11-4-6-18-10-11;/h1-3,8-9,11,18H,4-7,10H2,(H,19,21);1H. The molecule has 5 nitrogen and oxygen atoms in total. The van der Waals surface area contributed by atoms with Crippen LogP contribution in [0, 0.1) is 5.92 Å². The fraction of sp³-hybridized carbons (Fsp3) is 0.375. The average molecular weight is 356 g/mol. The van der Waals surface area contributed by atoms with Gasteiger partial charge in [0.15, 0.2) is 11.5 Å². The van der Waals surface area contributed by atoms with Crippen molar-refractivity contribution in [3.63, 3.8) is 0 Å². The molecule has 1 amide bonds. The highest BCUT2D eigenvalue weighted by atomic mass is 35.5. The second-order valence-corrected chi connectivity index (χ2v) is 5.93. The topological polar surface area (TPSA) is 67.2 Å². The maximum absolute atomic E-state index is 12.1. The van der Waals surface area contributed by atoms with Crippen LogP contribution in [0.4, 0.5) is 0 Å². The minimum atomic E-state index is -0.206. The van der Waals surface area contributed by atoms with E-state index in [1.807, 2.05) is 12.1 Å². The zero-order chi connectivity index (χ0) is 15.4. The lowest BCUT2D eigenvalue weighted by molar-refractivity contribution is 0.0942. The SMILES string of the molecule is Cl.O=C(NCCC1CCNC1)c1cc(-c2cccc(Cl)c2)on1. The second kappa shape index (κ2) is 8.34. The van der Waals surface area contributed by atoms with Gasteiger partial charge in [0.1, 0.15) is 0 Å². The van der Waals surface area contributed by atoms with Crippen LogP contribution in [0.3, 0.4) is 0 Å². The average Bonchev–Trinajstić information content (AvgIpc) is 3.19. The molecule has 0 radical (unpaired) electrons. The molecule has 0 saturated carbocycles. The summed E-state index contributed by atoms with van der Waals surface area (Å²) in [5.41, 5.74) is 1.09. The van der Waals surface area contributed by atoms with Crippen molar-refractivity contribution in [3.05, 3.63) is 41.0 Å². The van der Waals surface area contributed by atoms with Gasteiger partial charge in [0.2, 0.25) is 0 Å². The fourth-order valence-corrected chi connectivity index (χ4v) is 2.79. The number of hydrogen-bond acceptors (Lipinski definition) is 4. The van der Waals surface area contributed by atoms with E-state index in [1.54, 1.807) is 18.2 Å². The van der Waals surface area contributed by atoms with Gasteiger partial charge in [-0.15, -0.1) is 12.4 Å². The Kier molecular flexibility index (Phi) is 6.45. The van der Waals surface area contributed by atoms with Crippen LogP contribution in [-0.2, 0) is 0 Å². The van der Waals surface area contributed by atoms with Crippen LogP contribution in [0.2, 0.25) is 5.02 Å². The van der Waals surface area contributed by atoms with E-state index >= 15 is 0 Å². The third kappa shape index (κ3) is 4.70. The Morgan fingerprint density at radius 2 is 2.30 bits per heavy atom. The smallest absolute Gasteiger partial charge is 0.273 e. The molecule has 1 saturated heterocycles. The first-order chi connectivity index (χ1) is 10.7. The highest BCUT2D eigenvalue weighted by Crippen LogP contribution is 2.23. The summed E-state index contributed by atoms with van der Waals surface area (Å²) in [5.74, 6) is 0.982. The van der Waals surface area contributed by atoms with E-state index in [0.717, 1.165) is 25.1 Å². The number of amides is 1. The first-order valence-corrected chi connectivity index (χ1v) is 7.82. The summed E-state index contributed by atoms with van der Waals surface area (Å²) in [4.78, 5) is 12.1. The van der Waals surface area contributed by atoms with Crippen LogP contribution >= 0.6 is 24.0 Å². The highest BCUT2D eigenvalue weighted by molar-refractivity contribution is 6.30. The Bertz CT molecular complexity index is 654. The summed E-state index contributed by atoms with van der Waals surface area (Å²) >= 11 is 5.95. The van der Waals surface area contributed by atoms with E-state index < -0.39 is 0 Å². The van der Waals surface area contributed by atoms with E-state index in [9.17, 15) is 4.79 Å². The zero-order valence-corrected chi connectivity index (χ0v) is 14.1. The monoisotopic (exact) mass is 355 g/mol. The fourth-order valence-electron chi connectivity index (χ4n) is 2.60. The molecule has 1 aliphatic rings. The van der Waals surface area contributed by atoms with Crippen molar-refractivity contribution in [1.82, 2.24) is 15.8 Å². The quantitative estimate of drug-likeness (QED) is 0.864. The molecule has 7 heteroatoms. The molecular weight excluding hydrogens is 337 g/mol. The normalized spacial score (nSPS) is 16.8. The number of rotatable bonds is 5. The minimum absolute atomic E-state index is 0. The van der Waals surface area contributed by atoms with Gasteiger partial charge in [-0.1, -0.05) is 28.9 Å². The molecule has 124 valence electrons. The summed E-state index contributed by atoms with van der Waals surface area (Å²) in [6.07, 6.45) is 2.16. The van der Waals surface area contributed by atoms with E-state index in [2.05, 4.69) is 15.8 Å². The number of hydrogen-bond donors (Lipinski definition) is 2. The molecule has 1 aromatic carbocycles. The predicted molar refractivity (Wildman–Crippen MR) is 92.1 cm³/mol. The maximum Gasteiger partial charge on any atom is 0.273 e. The van der Waals surface area contributed by atoms with Crippen molar-refractivity contribution in [2.45, 2.75) is 12.8 Å². The molecule has 1 aliphatic heterocycles. The summed E-state index contributed by atoms with van der Waals surface area (Å²) in [5, 5.41) is 10.7. The molecule has 2 N–H and O–H groups in total. The van der Waals surface area contributed by atoms with Crippen molar-refractivity contribution >= 4 is 29.9 Å². The number of halogens is 2. The molecular formula is C16H19Cl2N3O2. The lowest BCUT2D eigenvalue weighted by Gasteiger charge is -2.07. The molecule has 23 heavy (non-hydrogen) atoms. The van der Waals surface area contributed by atoms with Gasteiger partial charge < -0.3 is 15.2 Å². The molecule has 2 aromatic rings. The second-order valence-electron chi connectivity index (χ2n) is 5.49. The van der Waals surface area contributed by atoms with Crippen LogP contribution in [-0.4, -0.2) is 30.7 Å². The van der Waals surface area contributed by atoms with Gasteiger partial charge in [0.05, 0.1) is 0 Å². The highest BCUT2D eigenvalue weighted by Gasteiger charge is 2.16. The Hall–Kier alpha value is -1.56. The lowest BCUT2D eigenvalue weighted by atomic mass is 10.1. The molecule has 1 unspecified atom stereocenters. The third-order valence-corrected chi connectivity index (χ3v) is 4.09. The number of carbonyl (C=O) groups excluding carboxylic acids is 1.